The Kier molecular flexibility index (Phi) is 6.52. The molecular weight excluding hydrogens is 355 g/mol. The monoisotopic (exact) mass is 369 g/mol. The van der Waals surface area contributed by atoms with Crippen LogP contribution in [-0.4, -0.2) is 60.3 Å². The molecule has 14 heteroatoms. The molecule has 0 unspecified atom stereocenters. The summed E-state index contributed by atoms with van der Waals surface area (Å²) >= 11 is 0. The van der Waals surface area contributed by atoms with Gasteiger partial charge in [-0.25, -0.2) is 14.4 Å². The lowest BCUT2D eigenvalue weighted by Crippen LogP contribution is -2.36. The number of hydroxylamine groups is 2. The van der Waals surface area contributed by atoms with E-state index in [0.717, 1.165) is 0 Å². The number of guanidine groups is 1. The van der Waals surface area contributed by atoms with Crippen LogP contribution in [0.15, 0.2) is 0 Å². The second-order valence-corrected chi connectivity index (χ2v) is 4.65. The summed E-state index contributed by atoms with van der Waals surface area (Å²) in [5.74, 6) is -5.37. The number of esters is 1. The molecule has 1 atom stereocenters. The average molecular weight is 369 g/mol. The Hall–Kier alpha value is -3.06. The smallest absolute Gasteiger partial charge is 0.447 e. The third-order valence-corrected chi connectivity index (χ3v) is 2.71. The zero-order valence-electron chi connectivity index (χ0n) is 12.5. The van der Waals surface area contributed by atoms with Crippen LogP contribution < -0.4 is 16.4 Å². The number of ether oxygens (including phenoxy) is 1. The number of hydrogen-bond donors (Lipinski definition) is 4. The predicted molar refractivity (Wildman–Crippen MR) is 71.4 cm³/mol. The Morgan fingerprint density at radius 2 is 2.00 bits per heavy atom. The summed E-state index contributed by atoms with van der Waals surface area (Å²) in [6.45, 7) is -1.18. The van der Waals surface area contributed by atoms with Crippen LogP contribution >= 0.6 is 0 Å². The third kappa shape index (κ3) is 6.15. The van der Waals surface area contributed by atoms with Gasteiger partial charge in [-0.15, -0.1) is 0 Å². The molecule has 1 aliphatic heterocycles. The quantitative estimate of drug-likeness (QED) is 0.142. The van der Waals surface area contributed by atoms with Crippen LogP contribution in [0.4, 0.5) is 18.0 Å². The largest absolute Gasteiger partial charge is 0.490 e. The fourth-order valence-electron chi connectivity index (χ4n) is 1.66. The number of nitrogens with two attached hydrogens (primary N) is 1. The molecule has 3 amide bonds. The van der Waals surface area contributed by atoms with E-state index in [1.54, 1.807) is 0 Å². The molecule has 11 nitrogen and oxygen atoms in total. The third-order valence-electron chi connectivity index (χ3n) is 2.71. The molecule has 1 saturated heterocycles. The Morgan fingerprint density at radius 3 is 2.56 bits per heavy atom. The van der Waals surface area contributed by atoms with Gasteiger partial charge in [-0.1, -0.05) is 5.06 Å². The summed E-state index contributed by atoms with van der Waals surface area (Å²) in [4.78, 5) is 49.4. The van der Waals surface area contributed by atoms with E-state index >= 15 is 0 Å². The number of nitrogens with zero attached hydrogens (tertiary/aromatic N) is 1. The molecule has 0 radical (unpaired) electrons. The summed E-state index contributed by atoms with van der Waals surface area (Å²) in [5, 5.41) is 11.6. The second-order valence-electron chi connectivity index (χ2n) is 4.65. The Balaban J connectivity index is 2.44. The maximum absolute atomic E-state index is 11.9. The molecule has 0 spiro atoms. The standard InChI is InChI=1S/C11H14F3N5O6/c12-11(13,14)8(22)24-4-6(20)25-19-7(21)5(18-10(19)23)2-1-3-17-9(15)16/h5H,1-4H2,(H,18,23)(H4,15,16,17)/t5-/m0/s1. The van der Waals surface area contributed by atoms with Gasteiger partial charge in [-0.05, 0) is 12.8 Å². The molecule has 25 heavy (non-hydrogen) atoms. The first-order valence-electron chi connectivity index (χ1n) is 6.69. The summed E-state index contributed by atoms with van der Waals surface area (Å²) in [7, 11) is 0. The Morgan fingerprint density at radius 1 is 1.36 bits per heavy atom. The van der Waals surface area contributed by atoms with Crippen molar-refractivity contribution in [3.05, 3.63) is 0 Å². The highest BCUT2D eigenvalue weighted by molar-refractivity contribution is 6.03. The fraction of sp³-hybridized carbons (Fsp3) is 0.545. The number of imide groups is 1. The average Bonchev–Trinajstić information content (AvgIpc) is 2.75. The van der Waals surface area contributed by atoms with E-state index < -0.39 is 42.7 Å². The van der Waals surface area contributed by atoms with Crippen molar-refractivity contribution >= 4 is 29.8 Å². The highest BCUT2D eigenvalue weighted by Gasteiger charge is 2.43. The summed E-state index contributed by atoms with van der Waals surface area (Å²) in [6, 6.07) is -2.11. The lowest BCUT2D eigenvalue weighted by molar-refractivity contribution is -0.206. The van der Waals surface area contributed by atoms with Crippen LogP contribution in [0.5, 0.6) is 0 Å². The predicted octanol–water partition coefficient (Wildman–Crippen LogP) is -1.27. The highest BCUT2D eigenvalue weighted by Crippen LogP contribution is 2.16. The van der Waals surface area contributed by atoms with Gasteiger partial charge in [0, 0.05) is 6.54 Å². The number of halogens is 3. The molecule has 1 aliphatic rings. The lowest BCUT2D eigenvalue weighted by atomic mass is 10.1. The number of alkyl halides is 3. The first-order chi connectivity index (χ1) is 11.5. The van der Waals surface area contributed by atoms with Gasteiger partial charge in [0.05, 0.1) is 0 Å². The SMILES string of the molecule is N=C(N)NCCC[C@@H]1NC(=O)N(OC(=O)COC(=O)C(F)(F)F)C1=O. The van der Waals surface area contributed by atoms with Crippen molar-refractivity contribution in [3.63, 3.8) is 0 Å². The van der Waals surface area contributed by atoms with E-state index in [2.05, 4.69) is 20.2 Å². The van der Waals surface area contributed by atoms with Crippen molar-refractivity contribution in [2.24, 2.45) is 5.73 Å². The number of hydrogen-bond acceptors (Lipinski definition) is 7. The van der Waals surface area contributed by atoms with E-state index in [4.69, 9.17) is 11.1 Å². The van der Waals surface area contributed by atoms with Crippen LogP contribution in [0.1, 0.15) is 12.8 Å². The van der Waals surface area contributed by atoms with Crippen molar-refractivity contribution in [1.29, 1.82) is 5.41 Å². The van der Waals surface area contributed by atoms with Gasteiger partial charge < -0.3 is 25.9 Å². The zero-order chi connectivity index (χ0) is 19.2. The van der Waals surface area contributed by atoms with Gasteiger partial charge in [0.25, 0.3) is 5.91 Å². The zero-order valence-corrected chi connectivity index (χ0v) is 12.5. The molecule has 1 heterocycles. The Bertz CT molecular complexity index is 581. The molecule has 1 fully saturated rings. The first kappa shape index (κ1) is 20.0. The number of nitrogens with one attached hydrogen (secondary N) is 3. The molecular formula is C11H14F3N5O6. The molecule has 1 rings (SSSR count). The number of rotatable bonds is 7. The van der Waals surface area contributed by atoms with Crippen molar-refractivity contribution in [2.75, 3.05) is 13.2 Å². The molecule has 0 aromatic rings. The van der Waals surface area contributed by atoms with Gasteiger partial charge in [-0.3, -0.25) is 10.2 Å². The minimum Gasteiger partial charge on any atom is -0.447 e. The maximum Gasteiger partial charge on any atom is 0.490 e. The number of carbonyl (C=O) groups is 4. The van der Waals surface area contributed by atoms with Gasteiger partial charge in [0.15, 0.2) is 12.6 Å². The van der Waals surface area contributed by atoms with E-state index in [-0.39, 0.29) is 24.0 Å². The number of carbonyl (C=O) groups excluding carboxylic acids is 4. The van der Waals surface area contributed by atoms with E-state index in [1.807, 2.05) is 0 Å². The van der Waals surface area contributed by atoms with Crippen LogP contribution in [0.2, 0.25) is 0 Å². The summed E-state index contributed by atoms with van der Waals surface area (Å²) in [6.07, 6.45) is -4.83. The fourth-order valence-corrected chi connectivity index (χ4v) is 1.66. The molecule has 0 bridgehead atoms. The molecule has 0 aliphatic carbocycles. The number of amides is 3. The molecule has 5 N–H and O–H groups in total. The van der Waals surface area contributed by atoms with Crippen LogP contribution in [-0.2, 0) is 24.0 Å². The first-order valence-corrected chi connectivity index (χ1v) is 6.69. The minimum atomic E-state index is -5.29. The minimum absolute atomic E-state index is 0.0346. The van der Waals surface area contributed by atoms with Gasteiger partial charge in [0.1, 0.15) is 6.04 Å². The van der Waals surface area contributed by atoms with Crippen LogP contribution in [0.3, 0.4) is 0 Å². The van der Waals surface area contributed by atoms with Crippen molar-refractivity contribution < 1.29 is 41.9 Å². The lowest BCUT2D eigenvalue weighted by Gasteiger charge is -2.12. The van der Waals surface area contributed by atoms with Gasteiger partial charge >= 0.3 is 24.1 Å². The van der Waals surface area contributed by atoms with E-state index in [1.165, 1.54) is 0 Å². The normalized spacial score (nSPS) is 17.1. The molecule has 0 aromatic heterocycles. The molecule has 140 valence electrons. The van der Waals surface area contributed by atoms with Crippen molar-refractivity contribution in [2.45, 2.75) is 25.1 Å². The summed E-state index contributed by atoms with van der Waals surface area (Å²) < 4.78 is 39.3. The molecule has 0 saturated carbocycles. The second kappa shape index (κ2) is 8.16. The van der Waals surface area contributed by atoms with Crippen LogP contribution in [0, 0.1) is 5.41 Å². The van der Waals surface area contributed by atoms with E-state index in [0.29, 0.717) is 6.42 Å². The molecule has 0 aromatic carbocycles. The van der Waals surface area contributed by atoms with E-state index in [9.17, 15) is 32.3 Å². The van der Waals surface area contributed by atoms with Gasteiger partial charge in [0.2, 0.25) is 0 Å². The summed E-state index contributed by atoms with van der Waals surface area (Å²) in [5.41, 5.74) is 5.05. The maximum atomic E-state index is 11.9. The topological polar surface area (TPSA) is 164 Å². The Labute approximate surface area is 138 Å². The number of urea groups is 1. The van der Waals surface area contributed by atoms with Crippen LogP contribution in [0.25, 0.3) is 0 Å². The van der Waals surface area contributed by atoms with Crippen molar-refractivity contribution in [1.82, 2.24) is 15.7 Å². The van der Waals surface area contributed by atoms with Gasteiger partial charge in [-0.2, -0.15) is 13.2 Å². The van der Waals surface area contributed by atoms with Crippen molar-refractivity contribution in [3.8, 4) is 0 Å². The highest BCUT2D eigenvalue weighted by atomic mass is 19.4.